The zero-order valence-corrected chi connectivity index (χ0v) is 15.6. The number of carbonyl (C=O) groups is 1. The Hall–Kier alpha value is -3.43. The molecule has 0 aromatic carbocycles. The van der Waals surface area contributed by atoms with E-state index in [0.717, 1.165) is 19.4 Å². The zero-order valence-electron chi connectivity index (χ0n) is 15.6. The van der Waals surface area contributed by atoms with Crippen LogP contribution in [-0.2, 0) is 7.05 Å². The molecule has 2 aliphatic rings. The van der Waals surface area contributed by atoms with E-state index in [0.29, 0.717) is 40.6 Å². The van der Waals surface area contributed by atoms with E-state index in [-0.39, 0.29) is 17.5 Å². The Morgan fingerprint density at radius 3 is 2.96 bits per heavy atom. The number of H-pyrrole nitrogens is 1. The standard InChI is InChI=1S/C18H20N8O2/c1-19-18-21-6-11-15(23-18)25-5-3-4-10(25)8-26(16(11)27)12-7-20-14-13(12)17(28)24(2)9-22-14/h6-7,9-10,20H,3-5,8H2,1-2H3,(H,19,21,23)/t10-/m0/s1. The van der Waals surface area contributed by atoms with Gasteiger partial charge in [-0.3, -0.25) is 9.59 Å². The summed E-state index contributed by atoms with van der Waals surface area (Å²) in [5.74, 6) is 0.926. The van der Waals surface area contributed by atoms with Gasteiger partial charge in [0.15, 0.2) is 0 Å². The van der Waals surface area contributed by atoms with E-state index >= 15 is 0 Å². The molecule has 3 aromatic heterocycles. The number of aromatic amines is 1. The predicted molar refractivity (Wildman–Crippen MR) is 105 cm³/mol. The maximum atomic E-state index is 13.5. The molecule has 1 saturated heterocycles. The highest BCUT2D eigenvalue weighted by Crippen LogP contribution is 2.35. The first-order valence-electron chi connectivity index (χ1n) is 9.24. The smallest absolute Gasteiger partial charge is 0.264 e. The number of carbonyl (C=O) groups excluding carboxylic acids is 1. The van der Waals surface area contributed by atoms with Crippen LogP contribution in [0.1, 0.15) is 23.2 Å². The van der Waals surface area contributed by atoms with Crippen LogP contribution < -0.4 is 20.7 Å². The minimum atomic E-state index is -0.209. The van der Waals surface area contributed by atoms with Gasteiger partial charge >= 0.3 is 0 Å². The zero-order chi connectivity index (χ0) is 19.4. The molecular weight excluding hydrogens is 360 g/mol. The number of nitrogens with zero attached hydrogens (tertiary/aromatic N) is 6. The number of hydrogen-bond donors (Lipinski definition) is 2. The van der Waals surface area contributed by atoms with E-state index in [1.165, 1.54) is 10.9 Å². The molecule has 0 radical (unpaired) electrons. The lowest BCUT2D eigenvalue weighted by molar-refractivity contribution is 0.0988. The van der Waals surface area contributed by atoms with Crippen molar-refractivity contribution in [3.63, 3.8) is 0 Å². The van der Waals surface area contributed by atoms with Gasteiger partial charge in [0.1, 0.15) is 22.4 Å². The molecule has 2 N–H and O–H groups in total. The third-order valence-electron chi connectivity index (χ3n) is 5.53. The lowest BCUT2D eigenvalue weighted by Gasteiger charge is -2.26. The number of nitrogens with one attached hydrogen (secondary N) is 2. The molecule has 0 saturated carbocycles. The van der Waals surface area contributed by atoms with Crippen LogP contribution in [-0.4, -0.2) is 56.6 Å². The van der Waals surface area contributed by atoms with E-state index in [2.05, 4.69) is 30.2 Å². The van der Waals surface area contributed by atoms with Crippen LogP contribution >= 0.6 is 0 Å². The lowest BCUT2D eigenvalue weighted by atomic mass is 10.2. The van der Waals surface area contributed by atoms with Crippen molar-refractivity contribution in [1.82, 2.24) is 24.5 Å². The van der Waals surface area contributed by atoms with E-state index in [1.807, 2.05) is 0 Å². The van der Waals surface area contributed by atoms with Gasteiger partial charge in [0, 0.05) is 45.6 Å². The van der Waals surface area contributed by atoms with Gasteiger partial charge in [0.25, 0.3) is 11.5 Å². The summed E-state index contributed by atoms with van der Waals surface area (Å²) in [7, 11) is 3.40. The van der Waals surface area contributed by atoms with E-state index in [1.54, 1.807) is 31.4 Å². The Bertz CT molecular complexity index is 1150. The molecule has 5 rings (SSSR count). The minimum Gasteiger partial charge on any atom is -0.357 e. The Labute approximate surface area is 160 Å². The second kappa shape index (κ2) is 6.04. The number of anilines is 3. The Morgan fingerprint density at radius 1 is 1.29 bits per heavy atom. The largest absolute Gasteiger partial charge is 0.357 e. The molecule has 0 aliphatic carbocycles. The van der Waals surface area contributed by atoms with Crippen LogP contribution in [0.4, 0.5) is 17.5 Å². The Balaban J connectivity index is 1.70. The van der Waals surface area contributed by atoms with Crippen LogP contribution in [0.2, 0.25) is 0 Å². The SMILES string of the molecule is CNc1ncc2c(n1)N1CCC[C@H]1CN(c1c[nH]c3ncn(C)c(=O)c13)C2=O. The molecule has 1 amide bonds. The molecule has 2 aliphatic heterocycles. The fraction of sp³-hybridized carbons (Fsp3) is 0.389. The summed E-state index contributed by atoms with van der Waals surface area (Å²) in [6.07, 6.45) is 6.71. The van der Waals surface area contributed by atoms with Crippen LogP contribution in [0.5, 0.6) is 0 Å². The lowest BCUT2D eigenvalue weighted by Crippen LogP contribution is -2.40. The number of hydrogen-bond acceptors (Lipinski definition) is 7. The van der Waals surface area contributed by atoms with Gasteiger partial charge in [-0.25, -0.2) is 9.97 Å². The molecule has 0 spiro atoms. The van der Waals surface area contributed by atoms with Crippen molar-refractivity contribution in [2.75, 3.05) is 35.3 Å². The van der Waals surface area contributed by atoms with Gasteiger partial charge in [-0.15, -0.1) is 0 Å². The molecule has 1 fully saturated rings. The third kappa shape index (κ3) is 2.30. The fourth-order valence-corrected chi connectivity index (χ4v) is 4.12. The highest BCUT2D eigenvalue weighted by molar-refractivity contribution is 6.13. The van der Waals surface area contributed by atoms with Crippen molar-refractivity contribution in [3.05, 3.63) is 34.6 Å². The maximum absolute atomic E-state index is 13.5. The summed E-state index contributed by atoms with van der Waals surface area (Å²) >= 11 is 0. The molecule has 28 heavy (non-hydrogen) atoms. The average molecular weight is 380 g/mol. The summed E-state index contributed by atoms with van der Waals surface area (Å²) in [6.45, 7) is 1.32. The molecule has 0 unspecified atom stereocenters. The normalized spacial score (nSPS) is 18.9. The van der Waals surface area contributed by atoms with E-state index in [4.69, 9.17) is 0 Å². The summed E-state index contributed by atoms with van der Waals surface area (Å²) < 4.78 is 1.42. The summed E-state index contributed by atoms with van der Waals surface area (Å²) in [5, 5.41) is 3.35. The van der Waals surface area contributed by atoms with Crippen molar-refractivity contribution >= 4 is 34.4 Å². The third-order valence-corrected chi connectivity index (χ3v) is 5.53. The second-order valence-electron chi connectivity index (χ2n) is 7.14. The van der Waals surface area contributed by atoms with Gasteiger partial charge in [-0.05, 0) is 12.8 Å². The van der Waals surface area contributed by atoms with Gasteiger partial charge in [0.05, 0.1) is 12.0 Å². The average Bonchev–Trinajstić information content (AvgIpc) is 3.33. The molecule has 0 bridgehead atoms. The van der Waals surface area contributed by atoms with Gasteiger partial charge in [-0.1, -0.05) is 0 Å². The second-order valence-corrected chi connectivity index (χ2v) is 7.14. The Kier molecular flexibility index (Phi) is 3.61. The summed E-state index contributed by atoms with van der Waals surface area (Å²) in [6, 6.07) is 0.135. The first kappa shape index (κ1) is 16.7. The van der Waals surface area contributed by atoms with Crippen LogP contribution in [0.25, 0.3) is 11.0 Å². The van der Waals surface area contributed by atoms with Crippen LogP contribution in [0, 0.1) is 0 Å². The monoisotopic (exact) mass is 380 g/mol. The molecular formula is C18H20N8O2. The summed E-state index contributed by atoms with van der Waals surface area (Å²) in [5.41, 5.74) is 1.27. The van der Waals surface area contributed by atoms with Crippen molar-refractivity contribution < 1.29 is 4.79 Å². The molecule has 1 atom stereocenters. The number of amides is 1. The number of fused-ring (bicyclic) bond motifs is 4. The Morgan fingerprint density at radius 2 is 2.14 bits per heavy atom. The molecule has 10 heteroatoms. The number of aryl methyl sites for hydroxylation is 1. The number of rotatable bonds is 2. The van der Waals surface area contributed by atoms with Gasteiger partial charge in [0.2, 0.25) is 5.95 Å². The molecule has 10 nitrogen and oxygen atoms in total. The van der Waals surface area contributed by atoms with Crippen molar-refractivity contribution in [3.8, 4) is 0 Å². The molecule has 3 aromatic rings. The minimum absolute atomic E-state index is 0.135. The fourth-order valence-electron chi connectivity index (χ4n) is 4.12. The highest BCUT2D eigenvalue weighted by atomic mass is 16.2. The van der Waals surface area contributed by atoms with E-state index < -0.39 is 0 Å². The van der Waals surface area contributed by atoms with Crippen molar-refractivity contribution in [2.45, 2.75) is 18.9 Å². The topological polar surface area (TPSA) is 112 Å². The first-order valence-corrected chi connectivity index (χ1v) is 9.24. The van der Waals surface area contributed by atoms with Crippen molar-refractivity contribution in [2.24, 2.45) is 7.05 Å². The quantitative estimate of drug-likeness (QED) is 0.674. The van der Waals surface area contributed by atoms with Gasteiger partial charge in [-0.2, -0.15) is 4.98 Å². The molecule has 5 heterocycles. The summed E-state index contributed by atoms with van der Waals surface area (Å²) in [4.78, 5) is 46.1. The number of aromatic nitrogens is 5. The highest BCUT2D eigenvalue weighted by Gasteiger charge is 2.38. The van der Waals surface area contributed by atoms with Crippen molar-refractivity contribution in [1.29, 1.82) is 0 Å². The van der Waals surface area contributed by atoms with E-state index in [9.17, 15) is 9.59 Å². The first-order chi connectivity index (χ1) is 13.6. The predicted octanol–water partition coefficient (Wildman–Crippen LogP) is 0.722. The maximum Gasteiger partial charge on any atom is 0.264 e. The molecule has 144 valence electrons. The van der Waals surface area contributed by atoms with Crippen LogP contribution in [0.15, 0.2) is 23.5 Å². The van der Waals surface area contributed by atoms with Crippen LogP contribution in [0.3, 0.4) is 0 Å². The van der Waals surface area contributed by atoms with Gasteiger partial charge < -0.3 is 24.7 Å².